The molecule has 0 aromatic carbocycles. The molecule has 3 N–H and O–H groups in total. The van der Waals surface area contributed by atoms with Crippen molar-refractivity contribution in [2.24, 2.45) is 0 Å². The maximum Gasteiger partial charge on any atom is 0.404 e. The third-order valence-corrected chi connectivity index (χ3v) is 8.69. The van der Waals surface area contributed by atoms with E-state index in [2.05, 4.69) is 31.4 Å². The summed E-state index contributed by atoms with van der Waals surface area (Å²) in [4.78, 5) is 10.7. The predicted octanol–water partition coefficient (Wildman–Crippen LogP) is 2.01. The average molecular weight is 274 g/mol. The van der Waals surface area contributed by atoms with Crippen molar-refractivity contribution < 1.29 is 14.3 Å². The monoisotopic (exact) mass is 274 g/mol. The van der Waals surface area contributed by atoms with Gasteiger partial charge in [0.25, 0.3) is 0 Å². The summed E-state index contributed by atoms with van der Waals surface area (Å²) in [5, 5.41) is 14.5. The molecule has 6 heteroatoms. The first-order valence-electron chi connectivity index (χ1n) is 6.93. The predicted molar refractivity (Wildman–Crippen MR) is 74.5 cm³/mol. The van der Waals surface area contributed by atoms with Gasteiger partial charge in [-0.25, -0.2) is 4.79 Å². The minimum Gasteiger partial charge on any atom is -0.465 e. The zero-order valence-electron chi connectivity index (χ0n) is 11.7. The van der Waals surface area contributed by atoms with Crippen molar-refractivity contribution in [2.45, 2.75) is 57.5 Å². The summed E-state index contributed by atoms with van der Waals surface area (Å²) in [6, 6.07) is 3.37. The van der Waals surface area contributed by atoms with Crippen molar-refractivity contribution >= 4 is 14.4 Å². The lowest BCUT2D eigenvalue weighted by Gasteiger charge is -2.37. The maximum atomic E-state index is 10.7. The van der Waals surface area contributed by atoms with Crippen molar-refractivity contribution in [1.82, 2.24) is 10.6 Å². The third-order valence-electron chi connectivity index (χ3n) is 3.99. The van der Waals surface area contributed by atoms with E-state index < -0.39 is 14.4 Å². The molecular weight excluding hydrogens is 248 g/mol. The smallest absolute Gasteiger partial charge is 0.404 e. The molecule has 2 atom stereocenters. The molecular formula is C12H26N2O3Si. The molecule has 1 saturated heterocycles. The van der Waals surface area contributed by atoms with Crippen LogP contribution in [0.4, 0.5) is 4.79 Å². The largest absolute Gasteiger partial charge is 0.465 e. The molecule has 0 radical (unpaired) electrons. The average Bonchev–Trinajstić information content (AvgIpc) is 2.36. The summed E-state index contributed by atoms with van der Waals surface area (Å²) >= 11 is 0. The lowest BCUT2D eigenvalue weighted by Crippen LogP contribution is -2.54. The Morgan fingerprint density at radius 2 is 1.94 bits per heavy atom. The van der Waals surface area contributed by atoms with Gasteiger partial charge in [0.2, 0.25) is 0 Å². The summed E-state index contributed by atoms with van der Waals surface area (Å²) in [5.41, 5.74) is 0. The fraction of sp³-hybridized carbons (Fsp3) is 0.917. The van der Waals surface area contributed by atoms with Crippen LogP contribution in [0.25, 0.3) is 0 Å². The molecule has 0 bridgehead atoms. The molecule has 106 valence electrons. The second kappa shape index (κ2) is 7.11. The number of rotatable bonds is 6. The van der Waals surface area contributed by atoms with Gasteiger partial charge in [0.05, 0.1) is 6.10 Å². The molecule has 1 aliphatic rings. The topological polar surface area (TPSA) is 70.6 Å². The highest BCUT2D eigenvalue weighted by Crippen LogP contribution is 2.25. The van der Waals surface area contributed by atoms with Crippen molar-refractivity contribution in [3.05, 3.63) is 0 Å². The van der Waals surface area contributed by atoms with E-state index >= 15 is 0 Å². The molecule has 0 aromatic heterocycles. The standard InChI is InChI=1S/C12H26N2O3Si/c1-4-18(5-2,6-3)17-11-7-10(8-13-9-11)14-12(15)16/h10-11,13-14H,4-9H2,1-3H3,(H,15,16)/t10-,11-/m1/s1. The summed E-state index contributed by atoms with van der Waals surface area (Å²) in [6.45, 7) is 8.17. The highest BCUT2D eigenvalue weighted by atomic mass is 28.4. The van der Waals surface area contributed by atoms with E-state index in [1.807, 2.05) is 0 Å². The number of hydrogen-bond donors (Lipinski definition) is 3. The van der Waals surface area contributed by atoms with E-state index in [9.17, 15) is 4.79 Å². The molecule has 1 rings (SSSR count). The summed E-state index contributed by atoms with van der Waals surface area (Å²) < 4.78 is 6.38. The normalized spacial score (nSPS) is 24.8. The van der Waals surface area contributed by atoms with E-state index in [0.717, 1.165) is 31.1 Å². The van der Waals surface area contributed by atoms with Crippen LogP contribution in [0.1, 0.15) is 27.2 Å². The Kier molecular flexibility index (Phi) is 6.11. The van der Waals surface area contributed by atoms with Gasteiger partial charge in [0.1, 0.15) is 0 Å². The van der Waals surface area contributed by atoms with Crippen LogP contribution in [0.15, 0.2) is 0 Å². The van der Waals surface area contributed by atoms with E-state index in [0.29, 0.717) is 6.54 Å². The Morgan fingerprint density at radius 3 is 2.44 bits per heavy atom. The molecule has 0 unspecified atom stereocenters. The minimum absolute atomic E-state index is 0.0291. The number of nitrogens with one attached hydrogen (secondary N) is 2. The number of amides is 1. The molecule has 0 aliphatic carbocycles. The quantitative estimate of drug-likeness (QED) is 0.648. The number of carboxylic acid groups (broad SMARTS) is 1. The zero-order chi connectivity index (χ0) is 13.6. The molecule has 1 fully saturated rings. The van der Waals surface area contributed by atoms with Gasteiger partial charge in [0.15, 0.2) is 8.32 Å². The molecule has 0 saturated carbocycles. The van der Waals surface area contributed by atoms with Crippen LogP contribution < -0.4 is 10.6 Å². The first-order valence-corrected chi connectivity index (χ1v) is 9.46. The highest BCUT2D eigenvalue weighted by Gasteiger charge is 2.34. The van der Waals surface area contributed by atoms with Crippen molar-refractivity contribution in [3.63, 3.8) is 0 Å². The number of carbonyl (C=O) groups is 1. The Labute approximate surface area is 110 Å². The Morgan fingerprint density at radius 1 is 1.33 bits per heavy atom. The number of hydrogen-bond acceptors (Lipinski definition) is 3. The zero-order valence-corrected chi connectivity index (χ0v) is 12.7. The fourth-order valence-corrected chi connectivity index (χ4v) is 5.52. The van der Waals surface area contributed by atoms with Crippen molar-refractivity contribution in [3.8, 4) is 0 Å². The minimum atomic E-state index is -1.59. The van der Waals surface area contributed by atoms with Gasteiger partial charge in [-0.2, -0.15) is 0 Å². The number of piperidine rings is 1. The summed E-state index contributed by atoms with van der Waals surface area (Å²) in [7, 11) is -1.59. The van der Waals surface area contributed by atoms with Crippen molar-refractivity contribution in [1.29, 1.82) is 0 Å². The van der Waals surface area contributed by atoms with Gasteiger partial charge in [-0.1, -0.05) is 20.8 Å². The van der Waals surface area contributed by atoms with E-state index in [-0.39, 0.29) is 12.1 Å². The van der Waals surface area contributed by atoms with Gasteiger partial charge in [-0.3, -0.25) is 0 Å². The lowest BCUT2D eigenvalue weighted by atomic mass is 10.1. The van der Waals surface area contributed by atoms with Crippen LogP contribution in [0.5, 0.6) is 0 Å². The van der Waals surface area contributed by atoms with E-state index in [1.165, 1.54) is 0 Å². The molecule has 0 spiro atoms. The molecule has 0 aromatic rings. The van der Waals surface area contributed by atoms with Crippen molar-refractivity contribution in [2.75, 3.05) is 13.1 Å². The van der Waals surface area contributed by atoms with Crippen LogP contribution in [0, 0.1) is 0 Å². The first-order chi connectivity index (χ1) is 8.55. The van der Waals surface area contributed by atoms with Gasteiger partial charge in [-0.05, 0) is 24.6 Å². The lowest BCUT2D eigenvalue weighted by molar-refractivity contribution is 0.131. The van der Waals surface area contributed by atoms with Crippen LogP contribution >= 0.6 is 0 Å². The Balaban J connectivity index is 2.53. The Bertz CT molecular complexity index is 264. The van der Waals surface area contributed by atoms with Crippen LogP contribution in [0.2, 0.25) is 18.1 Å². The first kappa shape index (κ1) is 15.5. The van der Waals surface area contributed by atoms with E-state index in [4.69, 9.17) is 9.53 Å². The van der Waals surface area contributed by atoms with Crippen LogP contribution in [-0.2, 0) is 4.43 Å². The second-order valence-electron chi connectivity index (χ2n) is 5.02. The third kappa shape index (κ3) is 4.26. The van der Waals surface area contributed by atoms with E-state index in [1.54, 1.807) is 0 Å². The molecule has 1 amide bonds. The molecule has 18 heavy (non-hydrogen) atoms. The summed E-state index contributed by atoms with van der Waals surface area (Å²) in [6.07, 6.45) is -0.0109. The van der Waals surface area contributed by atoms with Gasteiger partial charge >= 0.3 is 6.09 Å². The van der Waals surface area contributed by atoms with Gasteiger partial charge in [-0.15, -0.1) is 0 Å². The molecule has 1 aliphatic heterocycles. The fourth-order valence-electron chi connectivity index (χ4n) is 2.63. The van der Waals surface area contributed by atoms with Gasteiger partial charge < -0.3 is 20.2 Å². The summed E-state index contributed by atoms with van der Waals surface area (Å²) in [5.74, 6) is 0. The van der Waals surface area contributed by atoms with Crippen LogP contribution in [0.3, 0.4) is 0 Å². The van der Waals surface area contributed by atoms with Gasteiger partial charge in [0, 0.05) is 19.1 Å². The second-order valence-corrected chi connectivity index (χ2v) is 9.75. The Hall–Kier alpha value is -0.593. The van der Waals surface area contributed by atoms with Crippen LogP contribution in [-0.4, -0.2) is 44.8 Å². The maximum absolute atomic E-state index is 10.7. The highest BCUT2D eigenvalue weighted by molar-refractivity contribution is 6.73. The molecule has 1 heterocycles. The SMILES string of the molecule is CC[Si](CC)(CC)O[C@H]1CNC[C@H](NC(=O)O)C1. The molecule has 5 nitrogen and oxygen atoms in total.